The highest BCUT2D eigenvalue weighted by molar-refractivity contribution is 6.06. The molecule has 1 aromatic rings. The molecular formula is C11H9N3O6. The van der Waals surface area contributed by atoms with Crippen LogP contribution in [-0.2, 0) is 9.59 Å². The van der Waals surface area contributed by atoms with Crippen LogP contribution in [0.2, 0.25) is 0 Å². The number of nitro groups is 1. The zero-order valence-electron chi connectivity index (χ0n) is 10.0. The van der Waals surface area contributed by atoms with E-state index < -0.39 is 34.1 Å². The Morgan fingerprint density at radius 3 is 2.45 bits per heavy atom. The minimum Gasteiger partial charge on any atom is -0.502 e. The summed E-state index contributed by atoms with van der Waals surface area (Å²) in [6.07, 6.45) is 0. The van der Waals surface area contributed by atoms with Gasteiger partial charge in [-0.2, -0.15) is 0 Å². The number of imide groups is 1. The zero-order valence-corrected chi connectivity index (χ0v) is 10.0. The molecule has 0 spiro atoms. The number of nitrogens with one attached hydrogen (secondary N) is 1. The lowest BCUT2D eigenvalue weighted by Crippen LogP contribution is -2.53. The fourth-order valence-corrected chi connectivity index (χ4v) is 1.80. The van der Waals surface area contributed by atoms with E-state index in [1.54, 1.807) is 0 Å². The molecule has 0 atom stereocenters. The van der Waals surface area contributed by atoms with Crippen LogP contribution in [0.4, 0.5) is 5.69 Å². The van der Waals surface area contributed by atoms with Crippen LogP contribution in [0.25, 0.3) is 0 Å². The Bertz CT molecular complexity index is 611. The number of amides is 3. The molecule has 1 saturated heterocycles. The molecule has 0 aliphatic carbocycles. The van der Waals surface area contributed by atoms with Crippen molar-refractivity contribution < 1.29 is 24.4 Å². The second-order valence-corrected chi connectivity index (χ2v) is 4.06. The quantitative estimate of drug-likeness (QED) is 0.422. The van der Waals surface area contributed by atoms with Crippen molar-refractivity contribution in [2.75, 3.05) is 13.1 Å². The van der Waals surface area contributed by atoms with Gasteiger partial charge in [0.1, 0.15) is 13.1 Å². The fraction of sp³-hybridized carbons (Fsp3) is 0.182. The third-order valence-electron chi connectivity index (χ3n) is 2.68. The summed E-state index contributed by atoms with van der Waals surface area (Å²) in [5, 5.41) is 22.4. The summed E-state index contributed by atoms with van der Waals surface area (Å²) in [5.41, 5.74) is -0.953. The normalized spacial score (nSPS) is 14.9. The first-order valence-electron chi connectivity index (χ1n) is 5.48. The third-order valence-corrected chi connectivity index (χ3v) is 2.68. The van der Waals surface area contributed by atoms with Gasteiger partial charge < -0.3 is 10.0 Å². The summed E-state index contributed by atoms with van der Waals surface area (Å²) in [5.74, 6) is -2.92. The third kappa shape index (κ3) is 2.41. The van der Waals surface area contributed by atoms with E-state index in [1.165, 1.54) is 12.1 Å². The molecule has 2 rings (SSSR count). The number of carbonyl (C=O) groups excluding carboxylic acids is 3. The van der Waals surface area contributed by atoms with Gasteiger partial charge in [0.25, 0.3) is 5.91 Å². The molecule has 0 radical (unpaired) electrons. The molecule has 0 aromatic heterocycles. The first-order valence-corrected chi connectivity index (χ1v) is 5.48. The Kier molecular flexibility index (Phi) is 3.34. The van der Waals surface area contributed by atoms with Crippen LogP contribution >= 0.6 is 0 Å². The predicted octanol–water partition coefficient (Wildman–Crippen LogP) is -0.601. The largest absolute Gasteiger partial charge is 0.502 e. The van der Waals surface area contributed by atoms with E-state index >= 15 is 0 Å². The molecule has 1 heterocycles. The molecule has 1 aliphatic heterocycles. The summed E-state index contributed by atoms with van der Waals surface area (Å²) >= 11 is 0. The van der Waals surface area contributed by atoms with Crippen molar-refractivity contribution in [1.82, 2.24) is 10.2 Å². The van der Waals surface area contributed by atoms with E-state index in [2.05, 4.69) is 0 Å². The van der Waals surface area contributed by atoms with Gasteiger partial charge in [-0.3, -0.25) is 29.8 Å². The molecule has 1 aliphatic rings. The van der Waals surface area contributed by atoms with Gasteiger partial charge in [0.15, 0.2) is 0 Å². The van der Waals surface area contributed by atoms with Crippen LogP contribution in [0.1, 0.15) is 10.4 Å². The number of nitro benzene ring substituents is 1. The van der Waals surface area contributed by atoms with Crippen LogP contribution in [0.5, 0.6) is 5.75 Å². The maximum absolute atomic E-state index is 12.1. The van der Waals surface area contributed by atoms with Gasteiger partial charge in [-0.15, -0.1) is 0 Å². The molecule has 1 aromatic carbocycles. The molecule has 3 amide bonds. The maximum Gasteiger partial charge on any atom is 0.311 e. The van der Waals surface area contributed by atoms with E-state index in [4.69, 9.17) is 0 Å². The van der Waals surface area contributed by atoms with E-state index in [1.807, 2.05) is 5.32 Å². The van der Waals surface area contributed by atoms with E-state index in [0.29, 0.717) is 0 Å². The minimum absolute atomic E-state index is 0.332. The van der Waals surface area contributed by atoms with Crippen molar-refractivity contribution in [2.24, 2.45) is 0 Å². The van der Waals surface area contributed by atoms with Crippen LogP contribution in [0.15, 0.2) is 18.2 Å². The highest BCUT2D eigenvalue weighted by Crippen LogP contribution is 2.30. The van der Waals surface area contributed by atoms with Gasteiger partial charge in [0.05, 0.1) is 10.5 Å². The Balaban J connectivity index is 2.34. The average molecular weight is 279 g/mol. The maximum atomic E-state index is 12.1. The molecule has 104 valence electrons. The summed E-state index contributed by atoms with van der Waals surface area (Å²) in [7, 11) is 0. The number of carbonyl (C=O) groups is 3. The number of aromatic hydroxyl groups is 1. The fourth-order valence-electron chi connectivity index (χ4n) is 1.80. The Morgan fingerprint density at radius 2 is 1.90 bits per heavy atom. The predicted molar refractivity (Wildman–Crippen MR) is 63.8 cm³/mol. The van der Waals surface area contributed by atoms with Gasteiger partial charge in [-0.05, 0) is 6.07 Å². The summed E-state index contributed by atoms with van der Waals surface area (Å²) in [6.45, 7) is -0.709. The molecule has 0 unspecified atom stereocenters. The first-order chi connectivity index (χ1) is 9.40. The van der Waals surface area contributed by atoms with Gasteiger partial charge in [-0.25, -0.2) is 0 Å². The van der Waals surface area contributed by atoms with Crippen molar-refractivity contribution >= 4 is 23.4 Å². The second kappa shape index (κ2) is 4.96. The SMILES string of the molecule is O=C1CN(C(=O)c2cccc([N+](=O)[O-])c2O)CC(=O)N1. The number of nitrogens with zero attached hydrogens (tertiary/aromatic N) is 2. The Morgan fingerprint density at radius 1 is 1.30 bits per heavy atom. The minimum atomic E-state index is -0.833. The number of rotatable bonds is 2. The number of phenols is 1. The summed E-state index contributed by atoms with van der Waals surface area (Å²) < 4.78 is 0. The molecule has 20 heavy (non-hydrogen) atoms. The molecule has 9 heteroatoms. The van der Waals surface area contributed by atoms with Gasteiger partial charge in [0.2, 0.25) is 17.6 Å². The first kappa shape index (κ1) is 13.5. The van der Waals surface area contributed by atoms with E-state index in [-0.39, 0.29) is 18.7 Å². The van der Waals surface area contributed by atoms with Crippen molar-refractivity contribution in [3.8, 4) is 5.75 Å². The molecule has 2 N–H and O–H groups in total. The number of hydrogen-bond donors (Lipinski definition) is 2. The topological polar surface area (TPSA) is 130 Å². The number of phenolic OH excluding ortho intramolecular Hbond substituents is 1. The average Bonchev–Trinajstić information content (AvgIpc) is 2.36. The Hall–Kier alpha value is -2.97. The highest BCUT2D eigenvalue weighted by Gasteiger charge is 2.30. The van der Waals surface area contributed by atoms with Crippen LogP contribution in [-0.4, -0.2) is 45.7 Å². The van der Waals surface area contributed by atoms with Crippen LogP contribution < -0.4 is 5.32 Å². The van der Waals surface area contributed by atoms with E-state index in [9.17, 15) is 29.6 Å². The molecule has 9 nitrogen and oxygen atoms in total. The van der Waals surface area contributed by atoms with Crippen molar-refractivity contribution in [3.05, 3.63) is 33.9 Å². The lowest BCUT2D eigenvalue weighted by molar-refractivity contribution is -0.385. The monoisotopic (exact) mass is 279 g/mol. The van der Waals surface area contributed by atoms with Gasteiger partial charge >= 0.3 is 5.69 Å². The van der Waals surface area contributed by atoms with Gasteiger partial charge in [-0.1, -0.05) is 6.07 Å². The summed E-state index contributed by atoms with van der Waals surface area (Å²) in [4.78, 5) is 45.2. The lowest BCUT2D eigenvalue weighted by Gasteiger charge is -2.25. The van der Waals surface area contributed by atoms with Crippen molar-refractivity contribution in [2.45, 2.75) is 0 Å². The highest BCUT2D eigenvalue weighted by atomic mass is 16.6. The number of piperazine rings is 1. The zero-order chi connectivity index (χ0) is 14.9. The summed E-state index contributed by atoms with van der Waals surface area (Å²) in [6, 6.07) is 3.46. The number of para-hydroxylation sites is 1. The molecule has 1 fully saturated rings. The second-order valence-electron chi connectivity index (χ2n) is 4.06. The number of hydrogen-bond acceptors (Lipinski definition) is 6. The smallest absolute Gasteiger partial charge is 0.311 e. The van der Waals surface area contributed by atoms with Crippen molar-refractivity contribution in [3.63, 3.8) is 0 Å². The van der Waals surface area contributed by atoms with Crippen LogP contribution in [0, 0.1) is 10.1 Å². The van der Waals surface area contributed by atoms with Gasteiger partial charge in [0, 0.05) is 6.07 Å². The Labute approximate surface area is 111 Å². The lowest BCUT2D eigenvalue weighted by atomic mass is 10.1. The number of benzene rings is 1. The standard InChI is InChI=1S/C11H9N3O6/c15-8-4-13(5-9(16)12-8)11(18)6-2-1-3-7(10(6)17)14(19)20/h1-3,17H,4-5H2,(H,12,15,16). The van der Waals surface area contributed by atoms with E-state index in [0.717, 1.165) is 11.0 Å². The van der Waals surface area contributed by atoms with Crippen LogP contribution in [0.3, 0.4) is 0 Å². The van der Waals surface area contributed by atoms with Crippen molar-refractivity contribution in [1.29, 1.82) is 0 Å². The molecule has 0 saturated carbocycles. The molecular weight excluding hydrogens is 270 g/mol. The molecule has 0 bridgehead atoms.